The minimum absolute atomic E-state index is 0.0519. The molecular formula is C28H32N2O. The van der Waals surface area contributed by atoms with Crippen molar-refractivity contribution in [3.8, 4) is 0 Å². The first-order chi connectivity index (χ1) is 14.7. The molecule has 3 aromatic rings. The van der Waals surface area contributed by atoms with E-state index >= 15 is 0 Å². The number of hydrogen-bond acceptors (Lipinski definition) is 2. The predicted octanol–water partition coefficient (Wildman–Crippen LogP) is 6.97. The van der Waals surface area contributed by atoms with E-state index in [-0.39, 0.29) is 22.9 Å². The van der Waals surface area contributed by atoms with Crippen molar-refractivity contribution in [1.29, 1.82) is 0 Å². The van der Waals surface area contributed by atoms with E-state index in [0.717, 1.165) is 28.9 Å². The molecule has 1 aliphatic heterocycles. The maximum absolute atomic E-state index is 13.7. The van der Waals surface area contributed by atoms with Crippen LogP contribution in [0.15, 0.2) is 78.9 Å². The van der Waals surface area contributed by atoms with Gasteiger partial charge in [0, 0.05) is 22.5 Å². The topological polar surface area (TPSA) is 32.3 Å². The molecule has 4 rings (SSSR count). The molecule has 0 aliphatic carbocycles. The van der Waals surface area contributed by atoms with E-state index in [4.69, 9.17) is 0 Å². The van der Waals surface area contributed by atoms with Gasteiger partial charge < -0.3 is 10.2 Å². The number of hydrogen-bond donors (Lipinski definition) is 1. The number of nitrogens with zero attached hydrogens (tertiary/aromatic N) is 1. The third kappa shape index (κ3) is 4.23. The molecule has 0 radical (unpaired) electrons. The number of carbonyl (C=O) groups excluding carboxylic acids is 1. The Morgan fingerprint density at radius 1 is 0.903 bits per heavy atom. The largest absolute Gasteiger partial charge is 0.378 e. The summed E-state index contributed by atoms with van der Waals surface area (Å²) in [4.78, 5) is 15.7. The van der Waals surface area contributed by atoms with E-state index in [1.807, 2.05) is 41.3 Å². The molecule has 3 aromatic carbocycles. The van der Waals surface area contributed by atoms with E-state index in [1.165, 1.54) is 5.56 Å². The van der Waals surface area contributed by atoms with Crippen LogP contribution in [-0.4, -0.2) is 11.4 Å². The lowest BCUT2D eigenvalue weighted by Gasteiger charge is -2.47. The average Bonchev–Trinajstić information content (AvgIpc) is 2.73. The van der Waals surface area contributed by atoms with E-state index in [2.05, 4.69) is 82.4 Å². The molecule has 1 N–H and O–H groups in total. The van der Waals surface area contributed by atoms with E-state index in [0.29, 0.717) is 0 Å². The van der Waals surface area contributed by atoms with Gasteiger partial charge in [-0.05, 0) is 67.1 Å². The van der Waals surface area contributed by atoms with Gasteiger partial charge in [-0.1, -0.05) is 69.3 Å². The number of nitrogens with one attached hydrogen (secondary N) is 1. The lowest BCUT2D eigenvalue weighted by molar-refractivity contribution is 0.0954. The van der Waals surface area contributed by atoms with Crippen molar-refractivity contribution in [2.75, 3.05) is 10.2 Å². The maximum atomic E-state index is 13.7. The minimum atomic E-state index is -0.333. The van der Waals surface area contributed by atoms with Crippen LogP contribution in [0.1, 0.15) is 68.6 Å². The van der Waals surface area contributed by atoms with Gasteiger partial charge in [0.05, 0.1) is 6.04 Å². The van der Waals surface area contributed by atoms with Crippen molar-refractivity contribution in [2.24, 2.45) is 0 Å². The van der Waals surface area contributed by atoms with Crippen LogP contribution in [0.4, 0.5) is 11.4 Å². The predicted molar refractivity (Wildman–Crippen MR) is 130 cm³/mol. The van der Waals surface area contributed by atoms with Gasteiger partial charge in [-0.15, -0.1) is 0 Å². The highest BCUT2D eigenvalue weighted by Crippen LogP contribution is 2.44. The first-order valence-electron chi connectivity index (χ1n) is 11.0. The summed E-state index contributed by atoms with van der Waals surface area (Å²) in [7, 11) is 0. The zero-order valence-corrected chi connectivity index (χ0v) is 19.1. The fourth-order valence-electron chi connectivity index (χ4n) is 4.50. The Morgan fingerprint density at radius 2 is 1.52 bits per heavy atom. The quantitative estimate of drug-likeness (QED) is 0.504. The van der Waals surface area contributed by atoms with Crippen LogP contribution < -0.4 is 10.2 Å². The molecule has 1 aliphatic rings. The van der Waals surface area contributed by atoms with E-state index < -0.39 is 0 Å². The molecule has 0 fully saturated rings. The summed E-state index contributed by atoms with van der Waals surface area (Å²) >= 11 is 0. The van der Waals surface area contributed by atoms with Crippen LogP contribution in [0.5, 0.6) is 0 Å². The zero-order chi connectivity index (χ0) is 22.2. The summed E-state index contributed by atoms with van der Waals surface area (Å²) in [6, 6.07) is 26.8. The standard InChI is InChI=1S/C28H32N2O/c1-27(2,3)21-17-15-20(16-18-21)26(31)30-25-14-10-9-13-23(25)24(19-28(30,4)5)29-22-11-7-6-8-12-22/h6-18,24,29H,19H2,1-5H3/t24-/m0/s1. The smallest absolute Gasteiger partial charge is 0.258 e. The highest BCUT2D eigenvalue weighted by atomic mass is 16.2. The van der Waals surface area contributed by atoms with Crippen LogP contribution in [0.3, 0.4) is 0 Å². The van der Waals surface area contributed by atoms with Crippen LogP contribution in [0.25, 0.3) is 0 Å². The second-order valence-corrected chi connectivity index (χ2v) is 10.1. The zero-order valence-electron chi connectivity index (χ0n) is 19.1. The van der Waals surface area contributed by atoms with Crippen molar-refractivity contribution in [3.05, 3.63) is 95.6 Å². The Morgan fingerprint density at radius 3 is 2.16 bits per heavy atom. The number of carbonyl (C=O) groups is 1. The van der Waals surface area contributed by atoms with Gasteiger partial charge in [-0.25, -0.2) is 0 Å². The molecule has 0 saturated carbocycles. The second-order valence-electron chi connectivity index (χ2n) is 10.1. The Bertz CT molecular complexity index is 1060. The number of fused-ring (bicyclic) bond motifs is 1. The molecule has 3 nitrogen and oxygen atoms in total. The molecule has 0 spiro atoms. The van der Waals surface area contributed by atoms with E-state index in [1.54, 1.807) is 0 Å². The Hall–Kier alpha value is -3.07. The van der Waals surface area contributed by atoms with Crippen molar-refractivity contribution >= 4 is 17.3 Å². The molecule has 31 heavy (non-hydrogen) atoms. The van der Waals surface area contributed by atoms with E-state index in [9.17, 15) is 4.79 Å². The monoisotopic (exact) mass is 412 g/mol. The van der Waals surface area contributed by atoms with Crippen LogP contribution in [0, 0.1) is 0 Å². The summed E-state index contributed by atoms with van der Waals surface area (Å²) in [6.07, 6.45) is 0.824. The maximum Gasteiger partial charge on any atom is 0.258 e. The summed E-state index contributed by atoms with van der Waals surface area (Å²) in [5.41, 5.74) is 4.92. The Labute approximate surface area is 186 Å². The lowest BCUT2D eigenvalue weighted by Crippen LogP contribution is -2.52. The molecule has 1 amide bonds. The van der Waals surface area contributed by atoms with Gasteiger partial charge in [0.15, 0.2) is 0 Å². The van der Waals surface area contributed by atoms with Gasteiger partial charge in [-0.3, -0.25) is 4.79 Å². The molecule has 0 bridgehead atoms. The third-order valence-electron chi connectivity index (χ3n) is 6.18. The van der Waals surface area contributed by atoms with Crippen LogP contribution in [0.2, 0.25) is 0 Å². The number of amides is 1. The third-order valence-corrected chi connectivity index (χ3v) is 6.18. The van der Waals surface area contributed by atoms with Crippen molar-refractivity contribution < 1.29 is 4.79 Å². The molecule has 0 aromatic heterocycles. The number of para-hydroxylation sites is 2. The van der Waals surface area contributed by atoms with Crippen LogP contribution in [-0.2, 0) is 5.41 Å². The Balaban J connectivity index is 1.70. The van der Waals surface area contributed by atoms with Crippen molar-refractivity contribution in [2.45, 2.75) is 58.0 Å². The van der Waals surface area contributed by atoms with Crippen molar-refractivity contribution in [3.63, 3.8) is 0 Å². The lowest BCUT2D eigenvalue weighted by atomic mass is 9.82. The summed E-state index contributed by atoms with van der Waals surface area (Å²) in [5, 5.41) is 3.68. The molecule has 160 valence electrons. The van der Waals surface area contributed by atoms with Gasteiger partial charge in [0.25, 0.3) is 5.91 Å². The minimum Gasteiger partial charge on any atom is -0.378 e. The summed E-state index contributed by atoms with van der Waals surface area (Å²) in [5.74, 6) is 0.0519. The molecule has 1 atom stereocenters. The summed E-state index contributed by atoms with van der Waals surface area (Å²) < 4.78 is 0. The first kappa shape index (κ1) is 21.2. The van der Waals surface area contributed by atoms with Gasteiger partial charge in [0.1, 0.15) is 0 Å². The average molecular weight is 413 g/mol. The van der Waals surface area contributed by atoms with Gasteiger partial charge in [0.2, 0.25) is 0 Å². The fraction of sp³-hybridized carbons (Fsp3) is 0.321. The van der Waals surface area contributed by atoms with Gasteiger partial charge >= 0.3 is 0 Å². The molecule has 0 saturated heterocycles. The number of rotatable bonds is 3. The van der Waals surface area contributed by atoms with Crippen molar-refractivity contribution in [1.82, 2.24) is 0 Å². The SMILES string of the molecule is CC(C)(C)c1ccc(C(=O)N2c3ccccc3[C@@H](Nc3ccccc3)CC2(C)C)cc1. The second kappa shape index (κ2) is 7.88. The summed E-state index contributed by atoms with van der Waals surface area (Å²) in [6.45, 7) is 10.9. The van der Waals surface area contributed by atoms with Gasteiger partial charge in [-0.2, -0.15) is 0 Å². The highest BCUT2D eigenvalue weighted by Gasteiger charge is 2.41. The highest BCUT2D eigenvalue weighted by molar-refractivity contribution is 6.08. The molecule has 0 unspecified atom stereocenters. The Kier molecular flexibility index (Phi) is 5.38. The molecule has 3 heteroatoms. The molecule has 1 heterocycles. The fourth-order valence-corrected chi connectivity index (χ4v) is 4.50. The number of anilines is 2. The molecular weight excluding hydrogens is 380 g/mol. The van der Waals surface area contributed by atoms with Crippen LogP contribution >= 0.6 is 0 Å². The first-order valence-corrected chi connectivity index (χ1v) is 11.0. The number of benzene rings is 3. The normalized spacial score (nSPS) is 17.7.